The number of hydrogen-bond donors (Lipinski definition) is 1. The minimum absolute atomic E-state index is 0.122. The fourth-order valence-electron chi connectivity index (χ4n) is 2.68. The van der Waals surface area contributed by atoms with Crippen molar-refractivity contribution in [1.82, 2.24) is 9.88 Å². The lowest BCUT2D eigenvalue weighted by Gasteiger charge is -2.10. The Morgan fingerprint density at radius 1 is 1.29 bits per heavy atom. The van der Waals surface area contributed by atoms with Crippen LogP contribution in [0.25, 0.3) is 11.3 Å². The van der Waals surface area contributed by atoms with Crippen molar-refractivity contribution in [3.8, 4) is 11.3 Å². The summed E-state index contributed by atoms with van der Waals surface area (Å²) in [6.07, 6.45) is 2.14. The molecule has 0 saturated heterocycles. The van der Waals surface area contributed by atoms with Gasteiger partial charge in [0.25, 0.3) is 0 Å². The maximum Gasteiger partial charge on any atom is 0.338 e. The van der Waals surface area contributed by atoms with Crippen LogP contribution in [0, 0.1) is 5.82 Å². The molecule has 0 bridgehead atoms. The zero-order chi connectivity index (χ0) is 22.2. The van der Waals surface area contributed by atoms with Crippen LogP contribution < -0.4 is 5.43 Å². The van der Waals surface area contributed by atoms with E-state index in [2.05, 4.69) is 15.5 Å². The van der Waals surface area contributed by atoms with E-state index in [-0.39, 0.29) is 12.2 Å². The average molecular weight is 461 g/mol. The van der Waals surface area contributed by atoms with E-state index >= 15 is 0 Å². The van der Waals surface area contributed by atoms with Gasteiger partial charge in [-0.25, -0.2) is 14.2 Å². The first-order valence-electron chi connectivity index (χ1n) is 9.54. The molecular weight excluding hydrogens is 439 g/mol. The normalized spacial score (nSPS) is 11.3. The summed E-state index contributed by atoms with van der Waals surface area (Å²) < 4.78 is 19.0. The van der Waals surface area contributed by atoms with Crippen LogP contribution in [0.5, 0.6) is 0 Å². The Morgan fingerprint density at radius 3 is 2.81 bits per heavy atom. The fraction of sp³-hybridized carbons (Fsp3) is 0.227. The van der Waals surface area contributed by atoms with Crippen LogP contribution in [-0.4, -0.2) is 49.3 Å². The van der Waals surface area contributed by atoms with Crippen molar-refractivity contribution < 1.29 is 13.9 Å². The van der Waals surface area contributed by atoms with Gasteiger partial charge in [-0.1, -0.05) is 23.7 Å². The Balaban J connectivity index is 1.64. The SMILES string of the molecule is CN(C)CCCOC(=O)c1cc(F)ccc1/C=N/Nc1nc(-c2ccc(Cl)cc2)cs1. The van der Waals surface area contributed by atoms with Gasteiger partial charge < -0.3 is 9.64 Å². The first-order valence-corrected chi connectivity index (χ1v) is 10.8. The van der Waals surface area contributed by atoms with Crippen LogP contribution in [0.2, 0.25) is 5.02 Å². The summed E-state index contributed by atoms with van der Waals surface area (Å²) in [5.74, 6) is -1.10. The monoisotopic (exact) mass is 460 g/mol. The van der Waals surface area contributed by atoms with Gasteiger partial charge in [-0.15, -0.1) is 11.3 Å². The van der Waals surface area contributed by atoms with E-state index in [4.69, 9.17) is 16.3 Å². The summed E-state index contributed by atoms with van der Waals surface area (Å²) in [6.45, 7) is 1.05. The number of nitrogens with one attached hydrogen (secondary N) is 1. The van der Waals surface area contributed by atoms with Crippen molar-refractivity contribution in [1.29, 1.82) is 0 Å². The molecule has 0 aliphatic carbocycles. The molecule has 3 aromatic rings. The number of carbonyl (C=O) groups excluding carboxylic acids is 1. The third-order valence-electron chi connectivity index (χ3n) is 4.23. The molecule has 6 nitrogen and oxygen atoms in total. The van der Waals surface area contributed by atoms with Gasteiger partial charge in [0.15, 0.2) is 0 Å². The molecule has 0 atom stereocenters. The smallest absolute Gasteiger partial charge is 0.338 e. The van der Waals surface area contributed by atoms with Crippen LogP contribution in [0.1, 0.15) is 22.3 Å². The van der Waals surface area contributed by atoms with Crippen LogP contribution in [-0.2, 0) is 4.74 Å². The number of nitrogens with zero attached hydrogens (tertiary/aromatic N) is 3. The molecule has 9 heteroatoms. The summed E-state index contributed by atoms with van der Waals surface area (Å²) >= 11 is 7.30. The Morgan fingerprint density at radius 2 is 2.06 bits per heavy atom. The molecule has 31 heavy (non-hydrogen) atoms. The third-order valence-corrected chi connectivity index (χ3v) is 5.22. The molecule has 2 aromatic carbocycles. The summed E-state index contributed by atoms with van der Waals surface area (Å²) in [7, 11) is 3.88. The summed E-state index contributed by atoms with van der Waals surface area (Å²) in [5.41, 5.74) is 5.14. The molecule has 3 rings (SSSR count). The second-order valence-corrected chi connectivity index (χ2v) is 8.23. The van der Waals surface area contributed by atoms with Gasteiger partial charge in [-0.3, -0.25) is 5.43 Å². The molecule has 0 spiro atoms. The number of anilines is 1. The van der Waals surface area contributed by atoms with Crippen LogP contribution >= 0.6 is 22.9 Å². The summed E-state index contributed by atoms with van der Waals surface area (Å²) in [4.78, 5) is 18.8. The van der Waals surface area contributed by atoms with E-state index < -0.39 is 11.8 Å². The highest BCUT2D eigenvalue weighted by Gasteiger charge is 2.13. The van der Waals surface area contributed by atoms with Crippen LogP contribution in [0.3, 0.4) is 0 Å². The highest BCUT2D eigenvalue weighted by Crippen LogP contribution is 2.26. The molecular formula is C22H22ClFN4O2S. The predicted molar refractivity (Wildman–Crippen MR) is 124 cm³/mol. The number of carbonyl (C=O) groups is 1. The van der Waals surface area contributed by atoms with Crippen molar-refractivity contribution in [2.24, 2.45) is 5.10 Å². The van der Waals surface area contributed by atoms with E-state index in [1.807, 2.05) is 36.5 Å². The number of esters is 1. The van der Waals surface area contributed by atoms with Gasteiger partial charge >= 0.3 is 5.97 Å². The zero-order valence-corrected chi connectivity index (χ0v) is 18.7. The maximum atomic E-state index is 13.7. The van der Waals surface area contributed by atoms with Crippen molar-refractivity contribution in [2.75, 3.05) is 32.7 Å². The van der Waals surface area contributed by atoms with Gasteiger partial charge in [0.2, 0.25) is 5.13 Å². The summed E-state index contributed by atoms with van der Waals surface area (Å²) in [5, 5.41) is 7.28. The van der Waals surface area contributed by atoms with E-state index in [0.717, 1.165) is 23.9 Å². The lowest BCUT2D eigenvalue weighted by Crippen LogP contribution is -2.17. The molecule has 0 amide bonds. The van der Waals surface area contributed by atoms with Gasteiger partial charge in [-0.2, -0.15) is 5.10 Å². The number of rotatable bonds is 9. The van der Waals surface area contributed by atoms with E-state index in [1.165, 1.54) is 29.7 Å². The number of hydrazone groups is 1. The average Bonchev–Trinajstić information content (AvgIpc) is 3.21. The number of aromatic nitrogens is 1. The molecule has 0 aliphatic heterocycles. The van der Waals surface area contributed by atoms with Gasteiger partial charge in [0, 0.05) is 28.1 Å². The minimum atomic E-state index is -0.584. The van der Waals surface area contributed by atoms with Crippen molar-refractivity contribution in [2.45, 2.75) is 6.42 Å². The molecule has 0 fully saturated rings. The molecule has 0 saturated carbocycles. The van der Waals surface area contributed by atoms with Crippen molar-refractivity contribution >= 4 is 40.3 Å². The van der Waals surface area contributed by atoms with E-state index in [9.17, 15) is 9.18 Å². The lowest BCUT2D eigenvalue weighted by molar-refractivity contribution is 0.0492. The molecule has 1 N–H and O–H groups in total. The Hall–Kier alpha value is -2.81. The van der Waals surface area contributed by atoms with Gasteiger partial charge in [0.05, 0.1) is 24.1 Å². The van der Waals surface area contributed by atoms with Crippen LogP contribution in [0.4, 0.5) is 9.52 Å². The maximum absolute atomic E-state index is 13.7. The molecule has 0 radical (unpaired) electrons. The van der Waals surface area contributed by atoms with E-state index in [1.54, 1.807) is 12.1 Å². The second kappa shape index (κ2) is 11.0. The molecule has 1 heterocycles. The lowest BCUT2D eigenvalue weighted by atomic mass is 10.1. The number of halogens is 2. The topological polar surface area (TPSA) is 66.8 Å². The third kappa shape index (κ3) is 6.85. The standard InChI is InChI=1S/C22H22ClFN4O2S/c1-28(2)10-3-11-30-21(29)19-12-18(24)9-6-16(19)13-25-27-22-26-20(14-31-22)15-4-7-17(23)8-5-15/h4-9,12-14H,3,10-11H2,1-2H3,(H,26,27)/b25-13+. The molecule has 162 valence electrons. The quantitative estimate of drug-likeness (QED) is 0.207. The number of benzene rings is 2. The van der Waals surface area contributed by atoms with Crippen molar-refractivity contribution in [3.63, 3.8) is 0 Å². The molecule has 0 unspecified atom stereocenters. The summed E-state index contributed by atoms with van der Waals surface area (Å²) in [6, 6.07) is 11.3. The molecule has 1 aromatic heterocycles. The number of ether oxygens (including phenoxy) is 1. The van der Waals surface area contributed by atoms with Crippen LogP contribution in [0.15, 0.2) is 52.9 Å². The zero-order valence-electron chi connectivity index (χ0n) is 17.1. The highest BCUT2D eigenvalue weighted by atomic mass is 35.5. The van der Waals surface area contributed by atoms with E-state index in [0.29, 0.717) is 22.1 Å². The predicted octanol–water partition coefficient (Wildman–Crippen LogP) is 5.16. The largest absolute Gasteiger partial charge is 0.462 e. The first-order chi connectivity index (χ1) is 14.9. The second-order valence-electron chi connectivity index (χ2n) is 6.94. The first kappa shape index (κ1) is 22.9. The highest BCUT2D eigenvalue weighted by molar-refractivity contribution is 7.14. The molecule has 0 aliphatic rings. The number of thiazole rings is 1. The van der Waals surface area contributed by atoms with Gasteiger partial charge in [0.1, 0.15) is 5.82 Å². The van der Waals surface area contributed by atoms with Crippen molar-refractivity contribution in [3.05, 3.63) is 69.8 Å². The van der Waals surface area contributed by atoms with Gasteiger partial charge in [-0.05, 0) is 50.8 Å². The Labute approximate surface area is 189 Å². The Bertz CT molecular complexity index is 1050. The fourth-order valence-corrected chi connectivity index (χ4v) is 3.47. The number of hydrogen-bond acceptors (Lipinski definition) is 7. The Kier molecular flexibility index (Phi) is 8.11. The minimum Gasteiger partial charge on any atom is -0.462 e.